The van der Waals surface area contributed by atoms with E-state index in [0.29, 0.717) is 0 Å². The van der Waals surface area contributed by atoms with Gasteiger partial charge in [0.1, 0.15) is 17.7 Å². The van der Waals surface area contributed by atoms with E-state index >= 15 is 0 Å². The zero-order chi connectivity index (χ0) is 25.8. The summed E-state index contributed by atoms with van der Waals surface area (Å²) in [5.41, 5.74) is 4.45. The van der Waals surface area contributed by atoms with Crippen molar-refractivity contribution in [2.24, 2.45) is 0 Å². The number of nitrogens with one attached hydrogen (secondary N) is 2. The second-order valence-electron chi connectivity index (χ2n) is 9.78. The molecule has 7 nitrogen and oxygen atoms in total. The predicted octanol–water partition coefficient (Wildman–Crippen LogP) is 4.97. The molecule has 0 fully saturated rings. The Hall–Kier alpha value is -3.35. The van der Waals surface area contributed by atoms with Gasteiger partial charge in [0.2, 0.25) is 5.91 Å². The van der Waals surface area contributed by atoms with Crippen molar-refractivity contribution >= 4 is 23.6 Å². The summed E-state index contributed by atoms with van der Waals surface area (Å²) in [4.78, 5) is 40.6. The molecule has 2 atom stereocenters. The van der Waals surface area contributed by atoms with Crippen molar-refractivity contribution in [3.63, 3.8) is 0 Å². The summed E-state index contributed by atoms with van der Waals surface area (Å²) in [6.45, 7) is 14.5. The molecule has 0 radical (unpaired) electrons. The molecule has 2 aromatic rings. The van der Waals surface area contributed by atoms with E-state index in [0.717, 1.165) is 33.5 Å². The Balaban J connectivity index is 2.40. The number of ether oxygens (including phenoxy) is 1. The molecule has 0 saturated heterocycles. The smallest absolute Gasteiger partial charge is 0.408 e. The number of anilines is 1. The monoisotopic (exact) mass is 467 g/mol. The van der Waals surface area contributed by atoms with Crippen LogP contribution in [-0.2, 0) is 14.3 Å². The SMILES string of the molecule is Cc1cccc(C)c1NC(=O)C(c1c(C)cccc1C)N(C)C(=O)C(C)NC(=O)OC(C)(C)C. The van der Waals surface area contributed by atoms with E-state index in [1.165, 1.54) is 4.90 Å². The van der Waals surface area contributed by atoms with Gasteiger partial charge in [-0.1, -0.05) is 36.4 Å². The Bertz CT molecular complexity index is 1030. The molecule has 2 aromatic carbocycles. The average molecular weight is 468 g/mol. The lowest BCUT2D eigenvalue weighted by Crippen LogP contribution is -2.50. The quantitative estimate of drug-likeness (QED) is 0.628. The molecule has 0 aromatic heterocycles. The molecule has 3 amide bonds. The lowest BCUT2D eigenvalue weighted by atomic mass is 9.94. The normalized spacial score (nSPS) is 13.0. The van der Waals surface area contributed by atoms with Crippen LogP contribution in [0, 0.1) is 27.7 Å². The highest BCUT2D eigenvalue weighted by Gasteiger charge is 2.34. The molecule has 0 bridgehead atoms. The highest BCUT2D eigenvalue weighted by Crippen LogP contribution is 2.30. The third-order valence-corrected chi connectivity index (χ3v) is 5.63. The number of para-hydroxylation sites is 1. The fourth-order valence-electron chi connectivity index (χ4n) is 3.94. The van der Waals surface area contributed by atoms with E-state index in [1.807, 2.05) is 64.1 Å². The number of hydrogen-bond donors (Lipinski definition) is 2. The second-order valence-corrected chi connectivity index (χ2v) is 9.78. The third-order valence-electron chi connectivity index (χ3n) is 5.63. The second kappa shape index (κ2) is 10.7. The lowest BCUT2D eigenvalue weighted by Gasteiger charge is -2.32. The highest BCUT2D eigenvalue weighted by molar-refractivity contribution is 6.00. The van der Waals surface area contributed by atoms with Crippen LogP contribution in [-0.4, -0.2) is 41.5 Å². The zero-order valence-electron chi connectivity index (χ0n) is 21.7. The molecule has 0 spiro atoms. The van der Waals surface area contributed by atoms with Gasteiger partial charge < -0.3 is 20.3 Å². The Morgan fingerprint density at radius 2 is 1.35 bits per heavy atom. The van der Waals surface area contributed by atoms with Crippen molar-refractivity contribution in [3.05, 3.63) is 64.2 Å². The van der Waals surface area contributed by atoms with Gasteiger partial charge in [-0.15, -0.1) is 0 Å². The Labute approximate surface area is 202 Å². The number of carbonyl (C=O) groups excluding carboxylic acids is 3. The van der Waals surface area contributed by atoms with Crippen LogP contribution < -0.4 is 10.6 Å². The molecule has 184 valence electrons. The Kier molecular flexibility index (Phi) is 8.48. The number of alkyl carbamates (subject to hydrolysis) is 1. The van der Waals surface area contributed by atoms with Crippen LogP contribution in [0.3, 0.4) is 0 Å². The highest BCUT2D eigenvalue weighted by atomic mass is 16.6. The standard InChI is InChI=1S/C27H37N3O4/c1-16-12-10-13-17(2)21(16)23(24(31)29-22-18(3)14-11-15-19(22)4)30(9)25(32)20(5)28-26(33)34-27(6,7)8/h10-15,20,23H,1-9H3,(H,28,33)(H,29,31). The molecule has 2 N–H and O–H groups in total. The molecule has 2 rings (SSSR count). The van der Waals surface area contributed by atoms with Crippen LogP contribution in [0.15, 0.2) is 36.4 Å². The molecule has 0 aliphatic carbocycles. The van der Waals surface area contributed by atoms with Crippen LogP contribution >= 0.6 is 0 Å². The number of aryl methyl sites for hydroxylation is 4. The van der Waals surface area contributed by atoms with Crippen LogP contribution in [0.4, 0.5) is 10.5 Å². The van der Waals surface area contributed by atoms with Crippen molar-refractivity contribution in [2.45, 2.75) is 73.1 Å². The van der Waals surface area contributed by atoms with Crippen LogP contribution in [0.1, 0.15) is 61.6 Å². The van der Waals surface area contributed by atoms with E-state index in [4.69, 9.17) is 4.74 Å². The molecular formula is C27H37N3O4. The summed E-state index contributed by atoms with van der Waals surface area (Å²) < 4.78 is 5.27. The van der Waals surface area contributed by atoms with Gasteiger partial charge in [-0.3, -0.25) is 9.59 Å². The van der Waals surface area contributed by atoms with Gasteiger partial charge in [-0.25, -0.2) is 4.79 Å². The van der Waals surface area contributed by atoms with Crippen LogP contribution in [0.25, 0.3) is 0 Å². The van der Waals surface area contributed by atoms with Crippen molar-refractivity contribution < 1.29 is 19.1 Å². The van der Waals surface area contributed by atoms with E-state index in [-0.39, 0.29) is 5.91 Å². The Morgan fingerprint density at radius 3 is 1.82 bits per heavy atom. The van der Waals surface area contributed by atoms with E-state index in [9.17, 15) is 14.4 Å². The van der Waals surface area contributed by atoms with Crippen LogP contribution in [0.2, 0.25) is 0 Å². The maximum Gasteiger partial charge on any atom is 0.408 e. The third kappa shape index (κ3) is 6.59. The summed E-state index contributed by atoms with van der Waals surface area (Å²) in [6.07, 6.45) is -0.689. The van der Waals surface area contributed by atoms with Gasteiger partial charge in [0.15, 0.2) is 0 Å². The minimum Gasteiger partial charge on any atom is -0.444 e. The van der Waals surface area contributed by atoms with Gasteiger partial charge >= 0.3 is 6.09 Å². The first-order valence-corrected chi connectivity index (χ1v) is 11.4. The Morgan fingerprint density at radius 1 is 0.882 bits per heavy atom. The summed E-state index contributed by atoms with van der Waals surface area (Å²) in [6, 6.07) is 9.77. The first-order valence-electron chi connectivity index (χ1n) is 11.4. The molecule has 34 heavy (non-hydrogen) atoms. The van der Waals surface area contributed by atoms with Gasteiger partial charge in [0.05, 0.1) is 0 Å². The van der Waals surface area contributed by atoms with Crippen molar-refractivity contribution in [3.8, 4) is 0 Å². The molecule has 0 heterocycles. The van der Waals surface area contributed by atoms with E-state index in [2.05, 4.69) is 10.6 Å². The fraction of sp³-hybridized carbons (Fsp3) is 0.444. The number of benzene rings is 2. The summed E-state index contributed by atoms with van der Waals surface area (Å²) >= 11 is 0. The summed E-state index contributed by atoms with van der Waals surface area (Å²) in [5, 5.41) is 5.61. The van der Waals surface area contributed by atoms with Gasteiger partial charge in [-0.2, -0.15) is 0 Å². The summed E-state index contributed by atoms with van der Waals surface area (Å²) in [5.74, 6) is -0.731. The molecule has 0 saturated carbocycles. The topological polar surface area (TPSA) is 87.7 Å². The predicted molar refractivity (Wildman–Crippen MR) is 135 cm³/mol. The largest absolute Gasteiger partial charge is 0.444 e. The first kappa shape index (κ1) is 26.9. The molecule has 0 aliphatic heterocycles. The van der Waals surface area contributed by atoms with Crippen LogP contribution in [0.5, 0.6) is 0 Å². The number of nitrogens with zero attached hydrogens (tertiary/aromatic N) is 1. The molecule has 2 unspecified atom stereocenters. The average Bonchev–Trinajstić information content (AvgIpc) is 2.71. The van der Waals surface area contributed by atoms with E-state index < -0.39 is 29.7 Å². The van der Waals surface area contributed by atoms with Crippen molar-refractivity contribution in [1.82, 2.24) is 10.2 Å². The molecule has 0 aliphatic rings. The zero-order valence-corrected chi connectivity index (χ0v) is 21.7. The van der Waals surface area contributed by atoms with Crippen molar-refractivity contribution in [2.75, 3.05) is 12.4 Å². The van der Waals surface area contributed by atoms with E-state index in [1.54, 1.807) is 34.7 Å². The fourth-order valence-corrected chi connectivity index (χ4v) is 3.94. The molecule has 7 heteroatoms. The maximum absolute atomic E-state index is 13.7. The maximum atomic E-state index is 13.7. The number of carbonyl (C=O) groups is 3. The molecular weight excluding hydrogens is 430 g/mol. The minimum absolute atomic E-state index is 0.324. The number of amides is 3. The number of rotatable bonds is 6. The first-order chi connectivity index (χ1) is 15.7. The van der Waals surface area contributed by atoms with Gasteiger partial charge in [-0.05, 0) is 83.2 Å². The van der Waals surface area contributed by atoms with Crippen molar-refractivity contribution in [1.29, 1.82) is 0 Å². The van der Waals surface area contributed by atoms with Gasteiger partial charge in [0, 0.05) is 12.7 Å². The lowest BCUT2D eigenvalue weighted by molar-refractivity contribution is -0.138. The number of likely N-dealkylation sites (N-methyl/N-ethyl adjacent to an activating group) is 1. The number of hydrogen-bond acceptors (Lipinski definition) is 4. The summed E-state index contributed by atoms with van der Waals surface area (Å²) in [7, 11) is 1.58. The minimum atomic E-state index is -0.893. The van der Waals surface area contributed by atoms with Gasteiger partial charge in [0.25, 0.3) is 5.91 Å².